The van der Waals surface area contributed by atoms with Gasteiger partial charge in [-0.3, -0.25) is 0 Å². The van der Waals surface area contributed by atoms with Gasteiger partial charge in [0.05, 0.1) is 19.5 Å². The first-order chi connectivity index (χ1) is 15.8. The Morgan fingerprint density at radius 1 is 1.03 bits per heavy atom. The van der Waals surface area contributed by atoms with Crippen molar-refractivity contribution in [2.24, 2.45) is 0 Å². The Morgan fingerprint density at radius 2 is 1.81 bits per heavy atom. The third-order valence-corrected chi connectivity index (χ3v) is 6.43. The number of nitrogens with one attached hydrogen (secondary N) is 2. The first kappa shape index (κ1) is 21.0. The van der Waals surface area contributed by atoms with E-state index in [1.807, 2.05) is 6.33 Å². The van der Waals surface area contributed by atoms with Gasteiger partial charge in [0, 0.05) is 37.1 Å². The van der Waals surface area contributed by atoms with Gasteiger partial charge in [-0.25, -0.2) is 4.98 Å². The lowest BCUT2D eigenvalue weighted by Crippen LogP contribution is -2.36. The van der Waals surface area contributed by atoms with Crippen LogP contribution >= 0.6 is 0 Å². The van der Waals surface area contributed by atoms with E-state index in [1.165, 1.54) is 37.8 Å². The fourth-order valence-electron chi connectivity index (χ4n) is 4.67. The molecular formula is C24H33N7O. The Bertz CT molecular complexity index is 1020. The number of imidazole rings is 1. The molecule has 1 saturated heterocycles. The number of hydrogen-bond donors (Lipinski definition) is 2. The third kappa shape index (κ3) is 4.50. The van der Waals surface area contributed by atoms with Crippen molar-refractivity contribution >= 4 is 34.3 Å². The average Bonchev–Trinajstić information content (AvgIpc) is 3.28. The lowest BCUT2D eigenvalue weighted by atomic mass is 9.95. The van der Waals surface area contributed by atoms with Crippen molar-refractivity contribution in [2.75, 3.05) is 48.4 Å². The summed E-state index contributed by atoms with van der Waals surface area (Å²) in [7, 11) is 0. The number of fused-ring (bicyclic) bond motifs is 1. The maximum Gasteiger partial charge on any atom is 0.231 e. The Kier molecular flexibility index (Phi) is 6.39. The van der Waals surface area contributed by atoms with Crippen LogP contribution in [0.5, 0.6) is 0 Å². The van der Waals surface area contributed by atoms with Gasteiger partial charge in [-0.15, -0.1) is 0 Å². The van der Waals surface area contributed by atoms with E-state index in [9.17, 15) is 0 Å². The molecule has 32 heavy (non-hydrogen) atoms. The number of benzene rings is 1. The van der Waals surface area contributed by atoms with Crippen molar-refractivity contribution in [2.45, 2.75) is 51.5 Å². The van der Waals surface area contributed by atoms with Crippen molar-refractivity contribution in [3.05, 3.63) is 30.6 Å². The Balaban J connectivity index is 1.42. The molecule has 0 spiro atoms. The zero-order valence-electron chi connectivity index (χ0n) is 18.9. The Labute approximate surface area is 189 Å². The van der Waals surface area contributed by atoms with E-state index < -0.39 is 0 Å². The largest absolute Gasteiger partial charge is 0.378 e. The standard InChI is InChI=1S/C24H33N7O/c1-2-12-25-22-21-23(31(17-26-21)20-6-4-3-5-7-20)29-24(28-22)27-18-8-10-19(11-9-18)30-13-15-32-16-14-30/h8-11,17,20H,2-7,12-16H2,1H3,(H2,25,27,28,29). The summed E-state index contributed by atoms with van der Waals surface area (Å²) in [5.74, 6) is 1.41. The molecule has 2 aromatic heterocycles. The van der Waals surface area contributed by atoms with Crippen molar-refractivity contribution in [1.29, 1.82) is 0 Å². The zero-order valence-corrected chi connectivity index (χ0v) is 18.9. The molecule has 1 aliphatic heterocycles. The molecule has 0 unspecified atom stereocenters. The number of hydrogen-bond acceptors (Lipinski definition) is 7. The molecule has 3 aromatic rings. The van der Waals surface area contributed by atoms with E-state index in [1.54, 1.807) is 0 Å². The van der Waals surface area contributed by atoms with Crippen LogP contribution in [0, 0.1) is 0 Å². The van der Waals surface area contributed by atoms with E-state index in [0.717, 1.165) is 61.9 Å². The number of nitrogens with zero attached hydrogens (tertiary/aromatic N) is 5. The first-order valence-electron chi connectivity index (χ1n) is 12.0. The summed E-state index contributed by atoms with van der Waals surface area (Å²) < 4.78 is 7.73. The smallest absolute Gasteiger partial charge is 0.231 e. The fraction of sp³-hybridized carbons (Fsp3) is 0.542. The number of aromatic nitrogens is 4. The van der Waals surface area contributed by atoms with E-state index in [0.29, 0.717) is 12.0 Å². The predicted molar refractivity (Wildman–Crippen MR) is 129 cm³/mol. The molecule has 0 atom stereocenters. The molecule has 0 radical (unpaired) electrons. The van der Waals surface area contributed by atoms with E-state index in [4.69, 9.17) is 19.7 Å². The second-order valence-corrected chi connectivity index (χ2v) is 8.71. The highest BCUT2D eigenvalue weighted by Gasteiger charge is 2.21. The normalized spacial score (nSPS) is 17.6. The summed E-state index contributed by atoms with van der Waals surface area (Å²) in [6.45, 7) is 6.46. The third-order valence-electron chi connectivity index (χ3n) is 6.43. The van der Waals surface area contributed by atoms with Gasteiger partial charge < -0.3 is 24.8 Å². The van der Waals surface area contributed by atoms with Gasteiger partial charge in [0.2, 0.25) is 5.95 Å². The SMILES string of the molecule is CCCNc1nc(Nc2ccc(N3CCOCC3)cc2)nc2c1ncn2C1CCCCC1. The fourth-order valence-corrected chi connectivity index (χ4v) is 4.67. The molecule has 3 heterocycles. The van der Waals surface area contributed by atoms with E-state index in [-0.39, 0.29) is 0 Å². The average molecular weight is 436 g/mol. The Hall–Kier alpha value is -2.87. The van der Waals surface area contributed by atoms with Gasteiger partial charge in [0.25, 0.3) is 0 Å². The van der Waals surface area contributed by atoms with Crippen molar-refractivity contribution in [3.63, 3.8) is 0 Å². The second-order valence-electron chi connectivity index (χ2n) is 8.71. The quantitative estimate of drug-likeness (QED) is 0.555. The molecule has 0 amide bonds. The maximum absolute atomic E-state index is 5.46. The van der Waals surface area contributed by atoms with Crippen molar-refractivity contribution < 1.29 is 4.74 Å². The summed E-state index contributed by atoms with van der Waals surface area (Å²) in [6, 6.07) is 8.96. The van der Waals surface area contributed by atoms with Gasteiger partial charge >= 0.3 is 0 Å². The molecule has 8 heteroatoms. The lowest BCUT2D eigenvalue weighted by molar-refractivity contribution is 0.122. The lowest BCUT2D eigenvalue weighted by Gasteiger charge is -2.28. The maximum atomic E-state index is 5.46. The highest BCUT2D eigenvalue weighted by atomic mass is 16.5. The van der Waals surface area contributed by atoms with Crippen LogP contribution in [0.4, 0.5) is 23.1 Å². The zero-order chi connectivity index (χ0) is 21.8. The highest BCUT2D eigenvalue weighted by Crippen LogP contribution is 2.32. The van der Waals surface area contributed by atoms with Crippen LogP contribution in [-0.2, 0) is 4.74 Å². The van der Waals surface area contributed by atoms with E-state index >= 15 is 0 Å². The van der Waals surface area contributed by atoms with Crippen molar-refractivity contribution in [1.82, 2.24) is 19.5 Å². The number of morpholine rings is 1. The minimum atomic E-state index is 0.475. The minimum absolute atomic E-state index is 0.475. The van der Waals surface area contributed by atoms with Gasteiger partial charge in [-0.1, -0.05) is 26.2 Å². The number of anilines is 4. The summed E-state index contributed by atoms with van der Waals surface area (Å²) in [6.07, 6.45) is 9.24. The second kappa shape index (κ2) is 9.73. The number of rotatable bonds is 7. The molecule has 5 rings (SSSR count). The van der Waals surface area contributed by atoms with Crippen LogP contribution in [0.25, 0.3) is 11.2 Å². The molecule has 1 aliphatic carbocycles. The molecular weight excluding hydrogens is 402 g/mol. The minimum Gasteiger partial charge on any atom is -0.378 e. The van der Waals surface area contributed by atoms with Gasteiger partial charge in [0.1, 0.15) is 0 Å². The monoisotopic (exact) mass is 435 g/mol. The Morgan fingerprint density at radius 3 is 2.56 bits per heavy atom. The van der Waals surface area contributed by atoms with E-state index in [2.05, 4.69) is 51.3 Å². The van der Waals surface area contributed by atoms with Crippen LogP contribution in [0.3, 0.4) is 0 Å². The van der Waals surface area contributed by atoms with Crippen LogP contribution < -0.4 is 15.5 Å². The molecule has 2 N–H and O–H groups in total. The van der Waals surface area contributed by atoms with Crippen molar-refractivity contribution in [3.8, 4) is 0 Å². The molecule has 1 saturated carbocycles. The molecule has 2 aliphatic rings. The van der Waals surface area contributed by atoms with Gasteiger partial charge in [-0.2, -0.15) is 9.97 Å². The van der Waals surface area contributed by atoms with Gasteiger partial charge in [-0.05, 0) is 43.5 Å². The van der Waals surface area contributed by atoms with Crippen LogP contribution in [0.1, 0.15) is 51.5 Å². The molecule has 170 valence electrons. The topological polar surface area (TPSA) is 80.1 Å². The number of ether oxygens (including phenoxy) is 1. The van der Waals surface area contributed by atoms with Crippen LogP contribution in [0.15, 0.2) is 30.6 Å². The molecule has 0 bridgehead atoms. The summed E-state index contributed by atoms with van der Waals surface area (Å²) in [5, 5.41) is 6.86. The molecule has 1 aromatic carbocycles. The first-order valence-corrected chi connectivity index (χ1v) is 12.0. The van der Waals surface area contributed by atoms with Crippen LogP contribution in [-0.4, -0.2) is 52.4 Å². The van der Waals surface area contributed by atoms with Gasteiger partial charge in [0.15, 0.2) is 17.0 Å². The van der Waals surface area contributed by atoms with Crippen LogP contribution in [0.2, 0.25) is 0 Å². The summed E-state index contributed by atoms with van der Waals surface area (Å²) in [4.78, 5) is 16.7. The summed E-state index contributed by atoms with van der Waals surface area (Å²) >= 11 is 0. The predicted octanol–water partition coefficient (Wildman–Crippen LogP) is 4.73. The summed E-state index contributed by atoms with van der Waals surface area (Å²) in [5.41, 5.74) is 3.97. The highest BCUT2D eigenvalue weighted by molar-refractivity contribution is 5.85. The molecule has 2 fully saturated rings. The molecule has 8 nitrogen and oxygen atoms in total.